The molecule has 24 heavy (non-hydrogen) atoms. The van der Waals surface area contributed by atoms with Crippen LogP contribution >= 0.6 is 11.6 Å². The molecule has 1 aliphatic heterocycles. The Bertz CT molecular complexity index is 1050. The third kappa shape index (κ3) is 2.55. The molecule has 0 saturated carbocycles. The second kappa shape index (κ2) is 5.32. The number of aliphatic imine (C=N–C) groups is 1. The van der Waals surface area contributed by atoms with Crippen LogP contribution in [0.2, 0.25) is 5.02 Å². The quantitative estimate of drug-likeness (QED) is 0.608. The van der Waals surface area contributed by atoms with Crippen molar-refractivity contribution in [3.8, 4) is 0 Å². The van der Waals surface area contributed by atoms with Crippen molar-refractivity contribution >= 4 is 28.3 Å². The van der Waals surface area contributed by atoms with Crippen LogP contribution in [0, 0.1) is 0 Å². The molecule has 0 fully saturated rings. The summed E-state index contributed by atoms with van der Waals surface area (Å²) in [6.45, 7) is 4.22. The van der Waals surface area contributed by atoms with Crippen LogP contribution in [0.4, 0.5) is 0 Å². The number of hydrogen-bond acceptors (Lipinski definition) is 3. The van der Waals surface area contributed by atoms with E-state index in [1.807, 2.05) is 30.3 Å². The lowest BCUT2D eigenvalue weighted by molar-refractivity contribution is 0.513. The number of benzene rings is 2. The Labute approximate surface area is 144 Å². The van der Waals surface area contributed by atoms with E-state index in [1.165, 1.54) is 6.07 Å². The zero-order chi connectivity index (χ0) is 16.9. The SMILES string of the molecule is CC1(C)Cc2c(Cl)cccc2C(c2ccc3oc(=O)ccc3c2)=N1. The minimum absolute atomic E-state index is 0.217. The van der Waals surface area contributed by atoms with Crippen molar-refractivity contribution in [2.45, 2.75) is 25.8 Å². The Balaban J connectivity index is 1.95. The fourth-order valence-corrected chi connectivity index (χ4v) is 3.48. The summed E-state index contributed by atoms with van der Waals surface area (Å²) in [4.78, 5) is 16.3. The standard InChI is InChI=1S/C20H16ClNO2/c1-20(2)11-15-14(4-3-5-16(15)21)19(22-20)13-6-8-17-12(10-13)7-9-18(23)24-17/h3-10H,11H2,1-2H3. The highest BCUT2D eigenvalue weighted by molar-refractivity contribution is 6.32. The molecule has 1 aromatic heterocycles. The van der Waals surface area contributed by atoms with Gasteiger partial charge in [-0.25, -0.2) is 4.79 Å². The Morgan fingerprint density at radius 1 is 1.12 bits per heavy atom. The molecule has 0 saturated heterocycles. The second-order valence-electron chi connectivity index (χ2n) is 6.72. The van der Waals surface area contributed by atoms with Gasteiger partial charge >= 0.3 is 5.63 Å². The minimum atomic E-state index is -0.344. The van der Waals surface area contributed by atoms with Crippen LogP contribution in [0.25, 0.3) is 11.0 Å². The van der Waals surface area contributed by atoms with Gasteiger partial charge in [-0.2, -0.15) is 0 Å². The van der Waals surface area contributed by atoms with E-state index in [-0.39, 0.29) is 11.2 Å². The lowest BCUT2D eigenvalue weighted by atomic mass is 9.85. The lowest BCUT2D eigenvalue weighted by Gasteiger charge is -2.30. The van der Waals surface area contributed by atoms with Gasteiger partial charge in [0.1, 0.15) is 5.58 Å². The first-order valence-corrected chi connectivity index (χ1v) is 8.23. The van der Waals surface area contributed by atoms with Gasteiger partial charge < -0.3 is 4.42 Å². The predicted molar refractivity (Wildman–Crippen MR) is 97.4 cm³/mol. The molecular formula is C20H16ClNO2. The average molecular weight is 338 g/mol. The summed E-state index contributed by atoms with van der Waals surface area (Å²) in [5.41, 5.74) is 4.14. The Hall–Kier alpha value is -2.39. The van der Waals surface area contributed by atoms with Crippen LogP contribution in [0.5, 0.6) is 0 Å². The summed E-state index contributed by atoms with van der Waals surface area (Å²) in [6, 6.07) is 14.9. The highest BCUT2D eigenvalue weighted by atomic mass is 35.5. The van der Waals surface area contributed by atoms with Gasteiger partial charge in [0.15, 0.2) is 0 Å². The molecule has 0 amide bonds. The number of halogens is 1. The Kier molecular flexibility index (Phi) is 3.36. The molecule has 3 aromatic rings. The highest BCUT2D eigenvalue weighted by Crippen LogP contribution is 2.34. The van der Waals surface area contributed by atoms with Crippen molar-refractivity contribution < 1.29 is 4.42 Å². The maximum atomic E-state index is 11.4. The van der Waals surface area contributed by atoms with Crippen LogP contribution in [0.1, 0.15) is 30.5 Å². The summed E-state index contributed by atoms with van der Waals surface area (Å²) < 4.78 is 5.22. The van der Waals surface area contributed by atoms with E-state index in [0.717, 1.165) is 39.2 Å². The second-order valence-corrected chi connectivity index (χ2v) is 7.13. The normalized spacial score (nSPS) is 15.9. The van der Waals surface area contributed by atoms with Crippen LogP contribution in [-0.4, -0.2) is 11.3 Å². The monoisotopic (exact) mass is 337 g/mol. The van der Waals surface area contributed by atoms with E-state index >= 15 is 0 Å². The maximum Gasteiger partial charge on any atom is 0.336 e. The van der Waals surface area contributed by atoms with Gasteiger partial charge in [-0.15, -0.1) is 0 Å². The van der Waals surface area contributed by atoms with E-state index < -0.39 is 0 Å². The third-order valence-corrected chi connectivity index (χ3v) is 4.64. The number of nitrogens with zero attached hydrogens (tertiary/aromatic N) is 1. The van der Waals surface area contributed by atoms with Gasteiger partial charge in [0.25, 0.3) is 0 Å². The molecule has 120 valence electrons. The highest BCUT2D eigenvalue weighted by Gasteiger charge is 2.28. The first kappa shape index (κ1) is 15.2. The molecule has 4 rings (SSSR count). The van der Waals surface area contributed by atoms with Crippen molar-refractivity contribution in [1.82, 2.24) is 0 Å². The molecule has 2 heterocycles. The van der Waals surface area contributed by atoms with E-state index in [1.54, 1.807) is 6.07 Å². The summed E-state index contributed by atoms with van der Waals surface area (Å²) in [5.74, 6) is 0. The van der Waals surface area contributed by atoms with Crippen molar-refractivity contribution in [3.05, 3.63) is 80.7 Å². The van der Waals surface area contributed by atoms with Gasteiger partial charge in [0.05, 0.1) is 11.3 Å². The van der Waals surface area contributed by atoms with E-state index in [2.05, 4.69) is 19.9 Å². The fourth-order valence-electron chi connectivity index (χ4n) is 3.23. The van der Waals surface area contributed by atoms with E-state index in [0.29, 0.717) is 5.58 Å². The van der Waals surface area contributed by atoms with Crippen LogP contribution < -0.4 is 5.63 Å². The summed E-state index contributed by atoms with van der Waals surface area (Å²) in [7, 11) is 0. The smallest absolute Gasteiger partial charge is 0.336 e. The van der Waals surface area contributed by atoms with Crippen LogP contribution in [-0.2, 0) is 6.42 Å². The molecule has 0 N–H and O–H groups in total. The molecule has 0 unspecified atom stereocenters. The average Bonchev–Trinajstić information content (AvgIpc) is 2.54. The Morgan fingerprint density at radius 3 is 2.79 bits per heavy atom. The molecule has 0 aliphatic carbocycles. The minimum Gasteiger partial charge on any atom is -0.423 e. The molecule has 1 aliphatic rings. The third-order valence-electron chi connectivity index (χ3n) is 4.29. The molecule has 4 heteroatoms. The van der Waals surface area contributed by atoms with Crippen LogP contribution in [0.15, 0.2) is 62.7 Å². The van der Waals surface area contributed by atoms with Gasteiger partial charge in [-0.3, -0.25) is 4.99 Å². The molecule has 0 atom stereocenters. The number of rotatable bonds is 1. The van der Waals surface area contributed by atoms with Crippen molar-refractivity contribution in [2.75, 3.05) is 0 Å². The zero-order valence-electron chi connectivity index (χ0n) is 13.5. The van der Waals surface area contributed by atoms with Gasteiger partial charge in [-0.1, -0.05) is 23.7 Å². The predicted octanol–water partition coefficient (Wildman–Crippen LogP) is 4.62. The first-order valence-electron chi connectivity index (χ1n) is 7.85. The number of hydrogen-bond donors (Lipinski definition) is 0. The van der Waals surface area contributed by atoms with E-state index in [9.17, 15) is 4.79 Å². The van der Waals surface area contributed by atoms with Gasteiger partial charge in [0, 0.05) is 27.6 Å². The molecule has 0 spiro atoms. The fraction of sp³-hybridized carbons (Fsp3) is 0.200. The zero-order valence-corrected chi connectivity index (χ0v) is 14.2. The summed E-state index contributed by atoms with van der Waals surface area (Å²) in [6.07, 6.45) is 0.813. The first-order chi connectivity index (χ1) is 11.4. The largest absolute Gasteiger partial charge is 0.423 e. The van der Waals surface area contributed by atoms with Gasteiger partial charge in [0.2, 0.25) is 0 Å². The van der Waals surface area contributed by atoms with E-state index in [4.69, 9.17) is 21.0 Å². The molecule has 0 radical (unpaired) electrons. The lowest BCUT2D eigenvalue weighted by Crippen LogP contribution is -2.29. The molecule has 2 aromatic carbocycles. The van der Waals surface area contributed by atoms with Crippen molar-refractivity contribution in [2.24, 2.45) is 4.99 Å². The summed E-state index contributed by atoms with van der Waals surface area (Å²) >= 11 is 6.43. The summed E-state index contributed by atoms with van der Waals surface area (Å²) in [5, 5.41) is 1.65. The molecule has 3 nitrogen and oxygen atoms in total. The topological polar surface area (TPSA) is 42.6 Å². The Morgan fingerprint density at radius 2 is 1.96 bits per heavy atom. The maximum absolute atomic E-state index is 11.4. The number of fused-ring (bicyclic) bond motifs is 2. The van der Waals surface area contributed by atoms with Crippen molar-refractivity contribution in [1.29, 1.82) is 0 Å². The van der Waals surface area contributed by atoms with Gasteiger partial charge in [-0.05, 0) is 56.2 Å². The van der Waals surface area contributed by atoms with Crippen molar-refractivity contribution in [3.63, 3.8) is 0 Å². The molecular weight excluding hydrogens is 322 g/mol. The molecule has 0 bridgehead atoms. The van der Waals surface area contributed by atoms with Crippen LogP contribution in [0.3, 0.4) is 0 Å².